The predicted molar refractivity (Wildman–Crippen MR) is 103 cm³/mol. The number of hydrogen-bond donors (Lipinski definition) is 1. The van der Waals surface area contributed by atoms with Crippen LogP contribution in [0.2, 0.25) is 0 Å². The number of aromatic carboxylic acids is 1. The van der Waals surface area contributed by atoms with Crippen molar-refractivity contribution in [3.05, 3.63) is 83.9 Å². The fourth-order valence-corrected chi connectivity index (χ4v) is 4.35. The third-order valence-corrected chi connectivity index (χ3v) is 5.87. The fraction of sp³-hybridized carbons (Fsp3) is 0.0952. The lowest BCUT2D eigenvalue weighted by Gasteiger charge is -2.17. The maximum Gasteiger partial charge on any atom is 0.339 e. The van der Waals surface area contributed by atoms with Gasteiger partial charge < -0.3 is 9.84 Å². The average Bonchev–Trinajstić information content (AvgIpc) is 2.68. The van der Waals surface area contributed by atoms with E-state index in [-0.39, 0.29) is 22.0 Å². The number of hydrogen-bond acceptors (Lipinski definition) is 4. The smallest absolute Gasteiger partial charge is 0.339 e. The van der Waals surface area contributed by atoms with Gasteiger partial charge in [-0.25, -0.2) is 13.2 Å². The summed E-state index contributed by atoms with van der Waals surface area (Å²) in [6, 6.07) is 20.1. The highest BCUT2D eigenvalue weighted by molar-refractivity contribution is 7.90. The Bertz CT molecular complexity index is 1060. The first-order valence-electron chi connectivity index (χ1n) is 8.20. The van der Waals surface area contributed by atoms with E-state index in [4.69, 9.17) is 4.74 Å². The molecule has 0 spiro atoms. The van der Waals surface area contributed by atoms with Gasteiger partial charge in [-0.3, -0.25) is 0 Å². The number of methoxy groups -OCH3 is 1. The zero-order valence-corrected chi connectivity index (χ0v) is 15.4. The quantitative estimate of drug-likeness (QED) is 0.696. The monoisotopic (exact) mass is 382 g/mol. The maximum atomic E-state index is 12.8. The van der Waals surface area contributed by atoms with Gasteiger partial charge in [-0.2, -0.15) is 0 Å². The molecule has 0 aliphatic carbocycles. The summed E-state index contributed by atoms with van der Waals surface area (Å²) in [5.41, 5.74) is 1.62. The summed E-state index contributed by atoms with van der Waals surface area (Å²) < 4.78 is 31.1. The number of rotatable bonds is 6. The second-order valence-corrected chi connectivity index (χ2v) is 7.91. The van der Waals surface area contributed by atoms with Gasteiger partial charge in [0.1, 0.15) is 11.3 Å². The molecule has 27 heavy (non-hydrogen) atoms. The highest BCUT2D eigenvalue weighted by Gasteiger charge is 2.24. The van der Waals surface area contributed by atoms with Crippen LogP contribution in [-0.2, 0) is 15.6 Å². The minimum atomic E-state index is -3.60. The van der Waals surface area contributed by atoms with Crippen molar-refractivity contribution < 1.29 is 23.1 Å². The van der Waals surface area contributed by atoms with Crippen LogP contribution in [0.5, 0.6) is 5.75 Å². The molecule has 0 heterocycles. The molecule has 6 heteroatoms. The molecule has 5 nitrogen and oxygen atoms in total. The number of carboxylic acid groups (broad SMARTS) is 1. The normalized spacial score (nSPS) is 11.1. The van der Waals surface area contributed by atoms with E-state index >= 15 is 0 Å². The number of ether oxygens (including phenoxy) is 1. The first kappa shape index (κ1) is 18.7. The molecule has 0 amide bonds. The zero-order valence-electron chi connectivity index (χ0n) is 14.6. The lowest BCUT2D eigenvalue weighted by Crippen LogP contribution is -2.09. The van der Waals surface area contributed by atoms with E-state index < -0.39 is 15.8 Å². The molecule has 0 atom stereocenters. The topological polar surface area (TPSA) is 80.7 Å². The molecule has 3 aromatic rings. The lowest BCUT2D eigenvalue weighted by atomic mass is 9.96. The second-order valence-electron chi connectivity index (χ2n) is 5.92. The molecule has 0 fully saturated rings. The Morgan fingerprint density at radius 3 is 2.07 bits per heavy atom. The van der Waals surface area contributed by atoms with Crippen LogP contribution in [-0.4, -0.2) is 26.6 Å². The predicted octanol–water partition coefficient (Wildman–Crippen LogP) is 4.03. The molecular weight excluding hydrogens is 364 g/mol. The molecule has 3 aromatic carbocycles. The van der Waals surface area contributed by atoms with Crippen molar-refractivity contribution in [2.45, 2.75) is 10.6 Å². The molecule has 138 valence electrons. The number of benzene rings is 3. The summed E-state index contributed by atoms with van der Waals surface area (Å²) in [6.07, 6.45) is 0. The third-order valence-electron chi connectivity index (χ3n) is 4.19. The van der Waals surface area contributed by atoms with E-state index in [2.05, 4.69) is 0 Å². The van der Waals surface area contributed by atoms with Gasteiger partial charge in [0.25, 0.3) is 0 Å². The molecule has 0 aliphatic rings. The van der Waals surface area contributed by atoms with Gasteiger partial charge in [0.2, 0.25) is 0 Å². The van der Waals surface area contributed by atoms with Gasteiger partial charge in [0.05, 0.1) is 17.8 Å². The van der Waals surface area contributed by atoms with Gasteiger partial charge in [0.15, 0.2) is 9.84 Å². The van der Waals surface area contributed by atoms with Crippen LogP contribution in [0.1, 0.15) is 15.9 Å². The molecule has 3 rings (SSSR count). The maximum absolute atomic E-state index is 12.8. The molecule has 1 N–H and O–H groups in total. The number of carboxylic acids is 1. The average molecular weight is 382 g/mol. The Morgan fingerprint density at radius 2 is 1.52 bits per heavy atom. The van der Waals surface area contributed by atoms with Crippen LogP contribution in [0.25, 0.3) is 11.1 Å². The van der Waals surface area contributed by atoms with Crippen LogP contribution in [0, 0.1) is 0 Å². The van der Waals surface area contributed by atoms with Gasteiger partial charge in [-0.1, -0.05) is 54.6 Å². The van der Waals surface area contributed by atoms with E-state index in [0.29, 0.717) is 16.7 Å². The molecule has 0 saturated carbocycles. The van der Waals surface area contributed by atoms with Gasteiger partial charge in [0, 0.05) is 5.56 Å². The first-order valence-corrected chi connectivity index (χ1v) is 9.85. The minimum absolute atomic E-state index is 0.0165. The molecular formula is C21H18O5S. The van der Waals surface area contributed by atoms with Gasteiger partial charge in [-0.15, -0.1) is 0 Å². The molecule has 0 radical (unpaired) electrons. The molecule has 0 aromatic heterocycles. The summed E-state index contributed by atoms with van der Waals surface area (Å²) in [7, 11) is -2.23. The number of carbonyl (C=O) groups is 1. The van der Waals surface area contributed by atoms with Crippen molar-refractivity contribution in [3.63, 3.8) is 0 Å². The summed E-state index contributed by atoms with van der Waals surface area (Å²) >= 11 is 0. The van der Waals surface area contributed by atoms with Crippen LogP contribution >= 0.6 is 0 Å². The standard InChI is InChI=1S/C21H18O5S/c1-26-20-18(21(22)23)13-12-16(19(20)15-8-4-2-5-9-15)14-27(24,25)17-10-6-3-7-11-17/h2-13H,14H2,1H3,(H,22,23). The Balaban J connectivity index is 2.20. The van der Waals surface area contributed by atoms with Gasteiger partial charge in [-0.05, 0) is 29.3 Å². The van der Waals surface area contributed by atoms with Crippen molar-refractivity contribution in [3.8, 4) is 16.9 Å². The first-order chi connectivity index (χ1) is 12.9. The van der Waals surface area contributed by atoms with E-state index in [9.17, 15) is 18.3 Å². The van der Waals surface area contributed by atoms with E-state index in [1.54, 1.807) is 54.6 Å². The summed E-state index contributed by atoms with van der Waals surface area (Å²) in [5, 5.41) is 9.47. The summed E-state index contributed by atoms with van der Waals surface area (Å²) in [6.45, 7) is 0. The largest absolute Gasteiger partial charge is 0.495 e. The zero-order chi connectivity index (χ0) is 19.4. The highest BCUT2D eigenvalue weighted by atomic mass is 32.2. The van der Waals surface area contributed by atoms with Crippen LogP contribution in [0.4, 0.5) is 0 Å². The van der Waals surface area contributed by atoms with Crippen molar-refractivity contribution >= 4 is 15.8 Å². The SMILES string of the molecule is COc1c(C(=O)O)ccc(CS(=O)(=O)c2ccccc2)c1-c1ccccc1. The van der Waals surface area contributed by atoms with E-state index in [0.717, 1.165) is 0 Å². The molecule has 0 bridgehead atoms. The molecule has 0 unspecified atom stereocenters. The third kappa shape index (κ3) is 3.85. The van der Waals surface area contributed by atoms with Crippen LogP contribution in [0.15, 0.2) is 77.7 Å². The van der Waals surface area contributed by atoms with E-state index in [1.165, 1.54) is 19.2 Å². The Kier molecular flexibility index (Phi) is 5.28. The molecule has 0 saturated heterocycles. The van der Waals surface area contributed by atoms with Crippen molar-refractivity contribution in [2.24, 2.45) is 0 Å². The van der Waals surface area contributed by atoms with Crippen LogP contribution in [0.3, 0.4) is 0 Å². The summed E-state index contributed by atoms with van der Waals surface area (Å²) in [5.74, 6) is -1.26. The van der Waals surface area contributed by atoms with Gasteiger partial charge >= 0.3 is 5.97 Å². The fourth-order valence-electron chi connectivity index (χ4n) is 2.96. The van der Waals surface area contributed by atoms with E-state index in [1.807, 2.05) is 6.07 Å². The highest BCUT2D eigenvalue weighted by Crippen LogP contribution is 2.38. The van der Waals surface area contributed by atoms with Crippen molar-refractivity contribution in [2.75, 3.05) is 7.11 Å². The summed E-state index contributed by atoms with van der Waals surface area (Å²) in [4.78, 5) is 11.8. The van der Waals surface area contributed by atoms with Crippen LogP contribution < -0.4 is 4.74 Å². The van der Waals surface area contributed by atoms with Crippen molar-refractivity contribution in [1.29, 1.82) is 0 Å². The Labute approximate surface area is 157 Å². The van der Waals surface area contributed by atoms with Crippen molar-refractivity contribution in [1.82, 2.24) is 0 Å². The minimum Gasteiger partial charge on any atom is -0.495 e. The second kappa shape index (κ2) is 7.63. The Morgan fingerprint density at radius 1 is 0.926 bits per heavy atom. The molecule has 0 aliphatic heterocycles. The number of sulfone groups is 1. The lowest BCUT2D eigenvalue weighted by molar-refractivity contribution is 0.0693. The Hall–Kier alpha value is -3.12.